The third-order valence-electron chi connectivity index (χ3n) is 5.19. The van der Waals surface area contributed by atoms with Crippen LogP contribution in [0.4, 0.5) is 0 Å². The largest absolute Gasteiger partial charge is 0.492 e. The Labute approximate surface area is 182 Å². The number of halogens is 1. The predicted molar refractivity (Wildman–Crippen MR) is 115 cm³/mol. The minimum absolute atomic E-state index is 0.0899. The molecule has 1 aliphatic rings. The van der Waals surface area contributed by atoms with E-state index in [1.807, 2.05) is 24.3 Å². The molecule has 7 nitrogen and oxygen atoms in total. The number of fused-ring (bicyclic) bond motifs is 1. The Morgan fingerprint density at radius 3 is 2.53 bits per heavy atom. The van der Waals surface area contributed by atoms with Gasteiger partial charge in [-0.3, -0.25) is 4.90 Å². The van der Waals surface area contributed by atoms with Crippen molar-refractivity contribution in [3.05, 3.63) is 58.1 Å². The minimum Gasteiger partial charge on any atom is -0.492 e. The molecule has 1 N–H and O–H groups in total. The Bertz CT molecular complexity index is 1150. The fourth-order valence-electron chi connectivity index (χ4n) is 4.04. The molecule has 1 fully saturated rings. The van der Waals surface area contributed by atoms with Gasteiger partial charge in [-0.2, -0.15) is 9.50 Å². The molecule has 9 heteroatoms. The van der Waals surface area contributed by atoms with E-state index in [2.05, 4.69) is 28.8 Å². The van der Waals surface area contributed by atoms with E-state index in [9.17, 15) is 5.11 Å². The van der Waals surface area contributed by atoms with Gasteiger partial charge >= 0.3 is 0 Å². The van der Waals surface area contributed by atoms with Crippen LogP contribution in [0.5, 0.6) is 5.88 Å². The molecule has 3 atom stereocenters. The zero-order valence-corrected chi connectivity index (χ0v) is 18.1. The number of furan rings is 1. The van der Waals surface area contributed by atoms with Gasteiger partial charge < -0.3 is 14.3 Å². The molecule has 0 saturated carbocycles. The second-order valence-electron chi connectivity index (χ2n) is 7.56. The van der Waals surface area contributed by atoms with E-state index in [4.69, 9.17) is 20.8 Å². The van der Waals surface area contributed by atoms with Crippen LogP contribution >= 0.6 is 22.9 Å². The summed E-state index contributed by atoms with van der Waals surface area (Å²) in [6, 6.07) is 11.2. The van der Waals surface area contributed by atoms with Crippen molar-refractivity contribution in [2.24, 2.45) is 0 Å². The quantitative estimate of drug-likeness (QED) is 0.495. The highest BCUT2D eigenvalue weighted by molar-refractivity contribution is 7.17. The van der Waals surface area contributed by atoms with Crippen LogP contribution < -0.4 is 0 Å². The van der Waals surface area contributed by atoms with Gasteiger partial charge in [0.2, 0.25) is 16.7 Å². The molecular formula is C21H21ClN4O3S. The van der Waals surface area contributed by atoms with Gasteiger partial charge in [-0.15, -0.1) is 5.10 Å². The lowest BCUT2D eigenvalue weighted by Gasteiger charge is -2.40. The molecule has 1 saturated heterocycles. The number of ether oxygens (including phenoxy) is 1. The molecule has 0 bridgehead atoms. The fourth-order valence-corrected chi connectivity index (χ4v) is 5.28. The Kier molecular flexibility index (Phi) is 5.02. The molecule has 0 radical (unpaired) electrons. The summed E-state index contributed by atoms with van der Waals surface area (Å²) in [7, 11) is 0. The minimum atomic E-state index is -0.156. The van der Waals surface area contributed by atoms with Crippen molar-refractivity contribution in [2.75, 3.05) is 13.1 Å². The first-order valence-electron chi connectivity index (χ1n) is 9.77. The number of rotatable bonds is 4. The average molecular weight is 445 g/mol. The molecule has 4 heterocycles. The molecule has 1 aromatic carbocycles. The topological polar surface area (TPSA) is 76.0 Å². The van der Waals surface area contributed by atoms with Crippen LogP contribution in [0.3, 0.4) is 0 Å². The first-order chi connectivity index (χ1) is 14.5. The predicted octanol–water partition coefficient (Wildman–Crippen LogP) is 4.61. The van der Waals surface area contributed by atoms with Crippen molar-refractivity contribution >= 4 is 27.9 Å². The van der Waals surface area contributed by atoms with Crippen LogP contribution in [0.1, 0.15) is 30.3 Å². The first kappa shape index (κ1) is 19.6. The van der Waals surface area contributed by atoms with Gasteiger partial charge in [0.25, 0.3) is 0 Å². The van der Waals surface area contributed by atoms with Crippen molar-refractivity contribution in [1.29, 1.82) is 0 Å². The van der Waals surface area contributed by atoms with Crippen LogP contribution in [0, 0.1) is 0 Å². The van der Waals surface area contributed by atoms with Crippen LogP contribution in [0.2, 0.25) is 5.02 Å². The average Bonchev–Trinajstić information content (AvgIpc) is 3.42. The lowest BCUT2D eigenvalue weighted by atomic mass is 10.0. The number of aromatic nitrogens is 3. The second-order valence-corrected chi connectivity index (χ2v) is 9.01. The van der Waals surface area contributed by atoms with Gasteiger partial charge in [0.15, 0.2) is 5.76 Å². The van der Waals surface area contributed by atoms with Crippen molar-refractivity contribution in [3.63, 3.8) is 0 Å². The smallest absolute Gasteiger partial charge is 0.230 e. The number of thiazole rings is 1. The van der Waals surface area contributed by atoms with E-state index in [1.165, 1.54) is 15.9 Å². The summed E-state index contributed by atoms with van der Waals surface area (Å²) in [4.78, 5) is 8.29. The molecule has 0 aliphatic carbocycles. The molecule has 0 unspecified atom stereocenters. The maximum absolute atomic E-state index is 11.1. The summed E-state index contributed by atoms with van der Waals surface area (Å²) in [6.07, 6.45) is 1.77. The maximum Gasteiger partial charge on any atom is 0.230 e. The monoisotopic (exact) mass is 444 g/mol. The van der Waals surface area contributed by atoms with Gasteiger partial charge in [-0.25, -0.2) is 0 Å². The SMILES string of the molecule is C[C@@H]1CN([C@@H](c2ccc(Cl)cc2)c2sc3nc(-c4ccco4)nn3c2O)C[C@@H](C)O1. The van der Waals surface area contributed by atoms with E-state index in [0.29, 0.717) is 21.6 Å². The number of hydrogen-bond donors (Lipinski definition) is 1. The Hall–Kier alpha value is -2.39. The number of benzene rings is 1. The highest BCUT2D eigenvalue weighted by Gasteiger charge is 2.34. The number of hydrogen-bond acceptors (Lipinski definition) is 7. The summed E-state index contributed by atoms with van der Waals surface area (Å²) in [5.74, 6) is 1.11. The third kappa shape index (κ3) is 3.50. The number of nitrogens with zero attached hydrogens (tertiary/aromatic N) is 4. The van der Waals surface area contributed by atoms with E-state index in [1.54, 1.807) is 18.4 Å². The summed E-state index contributed by atoms with van der Waals surface area (Å²) in [6.45, 7) is 5.64. The van der Waals surface area contributed by atoms with Crippen molar-refractivity contribution in [2.45, 2.75) is 32.1 Å². The van der Waals surface area contributed by atoms with Crippen LogP contribution in [-0.4, -0.2) is 49.9 Å². The first-order valence-corrected chi connectivity index (χ1v) is 11.0. The molecular weight excluding hydrogens is 424 g/mol. The summed E-state index contributed by atoms with van der Waals surface area (Å²) >= 11 is 7.55. The summed E-state index contributed by atoms with van der Waals surface area (Å²) < 4.78 is 12.8. The molecule has 156 valence electrons. The Morgan fingerprint density at radius 2 is 1.90 bits per heavy atom. The van der Waals surface area contributed by atoms with Crippen LogP contribution in [-0.2, 0) is 4.74 Å². The van der Waals surface area contributed by atoms with Gasteiger partial charge in [0, 0.05) is 18.1 Å². The lowest BCUT2D eigenvalue weighted by Crippen LogP contribution is -2.47. The lowest BCUT2D eigenvalue weighted by molar-refractivity contribution is -0.0764. The number of morpholine rings is 1. The van der Waals surface area contributed by atoms with Crippen molar-refractivity contribution < 1.29 is 14.3 Å². The molecule has 4 aromatic rings. The Morgan fingerprint density at radius 1 is 1.17 bits per heavy atom. The zero-order chi connectivity index (χ0) is 20.8. The van der Waals surface area contributed by atoms with E-state index in [-0.39, 0.29) is 24.1 Å². The molecule has 5 rings (SSSR count). The number of aromatic hydroxyl groups is 1. The standard InChI is InChI=1S/C21H21ClN4O3S/c1-12-10-25(11-13(2)29-12)17(14-5-7-15(22)8-6-14)18-20(27)26-21(30-18)23-19(24-26)16-4-3-9-28-16/h3-9,12-13,17,27H,10-11H2,1-2H3/t12-,13-,17+/m1/s1. The highest BCUT2D eigenvalue weighted by atomic mass is 35.5. The van der Waals surface area contributed by atoms with Gasteiger partial charge in [0.1, 0.15) is 0 Å². The molecule has 0 amide bonds. The summed E-state index contributed by atoms with van der Waals surface area (Å²) in [5, 5.41) is 16.2. The normalized spacial score (nSPS) is 21.3. The van der Waals surface area contributed by atoms with Gasteiger partial charge in [0.05, 0.1) is 29.4 Å². The van der Waals surface area contributed by atoms with E-state index in [0.717, 1.165) is 23.5 Å². The molecule has 0 spiro atoms. The molecule has 30 heavy (non-hydrogen) atoms. The van der Waals surface area contributed by atoms with Crippen LogP contribution in [0.15, 0.2) is 47.1 Å². The summed E-state index contributed by atoms with van der Waals surface area (Å²) in [5.41, 5.74) is 1.05. The van der Waals surface area contributed by atoms with E-state index < -0.39 is 0 Å². The Balaban J connectivity index is 1.60. The third-order valence-corrected chi connectivity index (χ3v) is 6.51. The fraction of sp³-hybridized carbons (Fsp3) is 0.333. The van der Waals surface area contributed by atoms with Crippen molar-refractivity contribution in [3.8, 4) is 17.5 Å². The van der Waals surface area contributed by atoms with E-state index >= 15 is 0 Å². The highest BCUT2D eigenvalue weighted by Crippen LogP contribution is 2.41. The van der Waals surface area contributed by atoms with Gasteiger partial charge in [-0.1, -0.05) is 35.1 Å². The maximum atomic E-state index is 11.1. The molecule has 3 aromatic heterocycles. The zero-order valence-electron chi connectivity index (χ0n) is 16.5. The van der Waals surface area contributed by atoms with Crippen molar-refractivity contribution in [1.82, 2.24) is 19.5 Å². The molecule has 1 aliphatic heterocycles. The van der Waals surface area contributed by atoms with Crippen LogP contribution in [0.25, 0.3) is 16.5 Å². The van der Waals surface area contributed by atoms with Gasteiger partial charge in [-0.05, 0) is 43.7 Å². The second kappa shape index (κ2) is 7.70.